The molecule has 1 saturated heterocycles. The third-order valence-electron chi connectivity index (χ3n) is 3.45. The Morgan fingerprint density at radius 3 is 2.90 bits per heavy atom. The number of aromatic carboxylic acids is 1. The average molecular weight is 293 g/mol. The van der Waals surface area contributed by atoms with Crippen molar-refractivity contribution in [2.24, 2.45) is 0 Å². The van der Waals surface area contributed by atoms with E-state index in [0.717, 1.165) is 18.4 Å². The molecular weight excluding hydrogens is 274 g/mol. The van der Waals surface area contributed by atoms with Crippen LogP contribution in [-0.2, 0) is 16.0 Å². The Balaban J connectivity index is 1.90. The van der Waals surface area contributed by atoms with E-state index in [1.807, 2.05) is 0 Å². The van der Waals surface area contributed by atoms with Crippen LogP contribution >= 0.6 is 0 Å². The van der Waals surface area contributed by atoms with Crippen LogP contribution < -0.4 is 10.1 Å². The van der Waals surface area contributed by atoms with Gasteiger partial charge in [0.1, 0.15) is 11.9 Å². The molecule has 0 bridgehead atoms. The summed E-state index contributed by atoms with van der Waals surface area (Å²) in [6.07, 6.45) is 1.92. The standard InChI is InChI=1S/C15H19NO5/c1-20-13-9-11(15(18)19)5-4-10(13)6-7-16-14(17)12-3-2-8-21-12/h4-5,9,12H,2-3,6-8H2,1H3,(H,16,17)(H,18,19)/t12-/m0/s1. The van der Waals surface area contributed by atoms with Crippen LogP contribution in [0.25, 0.3) is 0 Å². The minimum absolute atomic E-state index is 0.0892. The number of rotatable bonds is 6. The lowest BCUT2D eigenvalue weighted by atomic mass is 10.1. The number of nitrogens with one attached hydrogen (secondary N) is 1. The maximum absolute atomic E-state index is 11.8. The Bertz CT molecular complexity index is 523. The summed E-state index contributed by atoms with van der Waals surface area (Å²) in [5.74, 6) is -0.568. The summed E-state index contributed by atoms with van der Waals surface area (Å²) in [6.45, 7) is 1.10. The van der Waals surface area contributed by atoms with Gasteiger partial charge in [-0.2, -0.15) is 0 Å². The van der Waals surface area contributed by atoms with Gasteiger partial charge < -0.3 is 19.9 Å². The van der Waals surface area contributed by atoms with Gasteiger partial charge in [0.25, 0.3) is 0 Å². The molecule has 1 aromatic rings. The second-order valence-corrected chi connectivity index (χ2v) is 4.87. The highest BCUT2D eigenvalue weighted by atomic mass is 16.5. The third kappa shape index (κ3) is 3.95. The normalized spacial score (nSPS) is 17.5. The molecule has 0 radical (unpaired) electrons. The van der Waals surface area contributed by atoms with Gasteiger partial charge >= 0.3 is 5.97 Å². The molecule has 1 aromatic carbocycles. The molecule has 1 fully saturated rings. The van der Waals surface area contributed by atoms with E-state index < -0.39 is 5.97 Å². The summed E-state index contributed by atoms with van der Waals surface area (Å²) in [6, 6.07) is 4.72. The molecule has 21 heavy (non-hydrogen) atoms. The van der Waals surface area contributed by atoms with Crippen LogP contribution in [0.5, 0.6) is 5.75 Å². The predicted octanol–water partition coefficient (Wildman–Crippen LogP) is 1.23. The third-order valence-corrected chi connectivity index (χ3v) is 3.45. The first-order valence-electron chi connectivity index (χ1n) is 6.91. The summed E-state index contributed by atoms with van der Waals surface area (Å²) in [5.41, 5.74) is 1.04. The zero-order valence-corrected chi connectivity index (χ0v) is 11.9. The van der Waals surface area contributed by atoms with Gasteiger partial charge in [-0.3, -0.25) is 4.79 Å². The molecule has 1 heterocycles. The number of methoxy groups -OCH3 is 1. The Morgan fingerprint density at radius 1 is 1.48 bits per heavy atom. The van der Waals surface area contributed by atoms with Crippen molar-refractivity contribution in [1.82, 2.24) is 5.32 Å². The van der Waals surface area contributed by atoms with Gasteiger partial charge in [0.2, 0.25) is 5.91 Å². The van der Waals surface area contributed by atoms with Crippen LogP contribution in [0.15, 0.2) is 18.2 Å². The number of carbonyl (C=O) groups is 2. The SMILES string of the molecule is COc1cc(C(=O)O)ccc1CCNC(=O)[C@@H]1CCCO1. The minimum Gasteiger partial charge on any atom is -0.496 e. The van der Waals surface area contributed by atoms with E-state index >= 15 is 0 Å². The summed E-state index contributed by atoms with van der Waals surface area (Å²) >= 11 is 0. The number of hydrogen-bond acceptors (Lipinski definition) is 4. The van der Waals surface area contributed by atoms with E-state index in [1.165, 1.54) is 19.2 Å². The number of carboxylic acids is 1. The van der Waals surface area contributed by atoms with Crippen LogP contribution in [0.1, 0.15) is 28.8 Å². The second kappa shape index (κ2) is 7.08. The zero-order chi connectivity index (χ0) is 15.2. The van der Waals surface area contributed by atoms with Gasteiger partial charge in [-0.15, -0.1) is 0 Å². The van der Waals surface area contributed by atoms with Crippen molar-refractivity contribution in [1.29, 1.82) is 0 Å². The molecule has 6 nitrogen and oxygen atoms in total. The summed E-state index contributed by atoms with van der Waals surface area (Å²) in [5, 5.41) is 11.8. The predicted molar refractivity (Wildman–Crippen MR) is 75.6 cm³/mol. The van der Waals surface area contributed by atoms with E-state index in [9.17, 15) is 9.59 Å². The van der Waals surface area contributed by atoms with Gasteiger partial charge in [-0.25, -0.2) is 4.79 Å². The van der Waals surface area contributed by atoms with E-state index in [2.05, 4.69) is 5.32 Å². The Hall–Kier alpha value is -2.08. The van der Waals surface area contributed by atoms with Crippen molar-refractivity contribution in [3.63, 3.8) is 0 Å². The van der Waals surface area contributed by atoms with Gasteiger partial charge in [-0.1, -0.05) is 6.07 Å². The zero-order valence-electron chi connectivity index (χ0n) is 11.9. The van der Waals surface area contributed by atoms with E-state index in [1.54, 1.807) is 6.07 Å². The van der Waals surface area contributed by atoms with Crippen LogP contribution in [0.2, 0.25) is 0 Å². The smallest absolute Gasteiger partial charge is 0.335 e. The van der Waals surface area contributed by atoms with Crippen LogP contribution in [0, 0.1) is 0 Å². The highest BCUT2D eigenvalue weighted by molar-refractivity contribution is 5.88. The van der Waals surface area contributed by atoms with Gasteiger partial charge in [0.05, 0.1) is 12.7 Å². The van der Waals surface area contributed by atoms with Crippen molar-refractivity contribution in [3.8, 4) is 5.75 Å². The quantitative estimate of drug-likeness (QED) is 0.824. The summed E-state index contributed by atoms with van der Waals surface area (Å²) < 4.78 is 10.5. The molecule has 1 aliphatic heterocycles. The number of benzene rings is 1. The number of hydrogen-bond donors (Lipinski definition) is 2. The van der Waals surface area contributed by atoms with Gasteiger partial charge in [0, 0.05) is 13.2 Å². The first-order valence-corrected chi connectivity index (χ1v) is 6.91. The topological polar surface area (TPSA) is 84.9 Å². The molecule has 2 N–H and O–H groups in total. The molecule has 1 aliphatic rings. The van der Waals surface area contributed by atoms with E-state index in [4.69, 9.17) is 14.6 Å². The summed E-state index contributed by atoms with van der Waals surface area (Å²) in [7, 11) is 1.50. The molecular formula is C15H19NO5. The lowest BCUT2D eigenvalue weighted by molar-refractivity contribution is -0.129. The maximum atomic E-state index is 11.8. The van der Waals surface area contributed by atoms with Crippen molar-refractivity contribution >= 4 is 11.9 Å². The largest absolute Gasteiger partial charge is 0.496 e. The molecule has 0 spiro atoms. The first-order chi connectivity index (χ1) is 10.1. The van der Waals surface area contributed by atoms with E-state index in [-0.39, 0.29) is 17.6 Å². The molecule has 114 valence electrons. The van der Waals surface area contributed by atoms with Crippen molar-refractivity contribution in [2.75, 3.05) is 20.3 Å². The first kappa shape index (κ1) is 15.3. The molecule has 1 amide bonds. The molecule has 0 aromatic heterocycles. The van der Waals surface area contributed by atoms with Gasteiger partial charge in [0.15, 0.2) is 0 Å². The van der Waals surface area contributed by atoms with Crippen LogP contribution in [-0.4, -0.2) is 43.3 Å². The maximum Gasteiger partial charge on any atom is 0.335 e. The lowest BCUT2D eigenvalue weighted by Crippen LogP contribution is -2.35. The Kier molecular flexibility index (Phi) is 5.16. The highest BCUT2D eigenvalue weighted by Crippen LogP contribution is 2.20. The van der Waals surface area contributed by atoms with E-state index in [0.29, 0.717) is 25.3 Å². The Labute approximate surface area is 123 Å². The molecule has 6 heteroatoms. The van der Waals surface area contributed by atoms with Crippen molar-refractivity contribution < 1.29 is 24.2 Å². The molecule has 0 unspecified atom stereocenters. The highest BCUT2D eigenvalue weighted by Gasteiger charge is 2.22. The Morgan fingerprint density at radius 2 is 2.29 bits per heavy atom. The van der Waals surface area contributed by atoms with Gasteiger partial charge in [-0.05, 0) is 37.0 Å². The molecule has 1 atom stereocenters. The van der Waals surface area contributed by atoms with Crippen LogP contribution in [0.4, 0.5) is 0 Å². The molecule has 2 rings (SSSR count). The number of carbonyl (C=O) groups excluding carboxylic acids is 1. The molecule has 0 saturated carbocycles. The fourth-order valence-corrected chi connectivity index (χ4v) is 2.30. The number of amides is 1. The van der Waals surface area contributed by atoms with Crippen LogP contribution in [0.3, 0.4) is 0 Å². The average Bonchev–Trinajstić information content (AvgIpc) is 3.01. The summed E-state index contributed by atoms with van der Waals surface area (Å²) in [4.78, 5) is 22.7. The van der Waals surface area contributed by atoms with Crippen molar-refractivity contribution in [2.45, 2.75) is 25.4 Å². The minimum atomic E-state index is -0.994. The fraction of sp³-hybridized carbons (Fsp3) is 0.467. The fourth-order valence-electron chi connectivity index (χ4n) is 2.30. The second-order valence-electron chi connectivity index (χ2n) is 4.87. The monoisotopic (exact) mass is 293 g/mol. The number of ether oxygens (including phenoxy) is 2. The molecule has 0 aliphatic carbocycles. The number of carboxylic acid groups (broad SMARTS) is 1. The van der Waals surface area contributed by atoms with Crippen molar-refractivity contribution in [3.05, 3.63) is 29.3 Å². The lowest BCUT2D eigenvalue weighted by Gasteiger charge is -2.12.